The van der Waals surface area contributed by atoms with Crippen molar-refractivity contribution in [1.82, 2.24) is 9.78 Å². The Balaban J connectivity index is 1.94. The summed E-state index contributed by atoms with van der Waals surface area (Å²) >= 11 is 0. The van der Waals surface area contributed by atoms with Gasteiger partial charge in [0.25, 0.3) is 0 Å². The van der Waals surface area contributed by atoms with Crippen molar-refractivity contribution >= 4 is 17.3 Å². The molecule has 0 aliphatic rings. The number of rotatable bonds is 5. The number of nitrogens with zero attached hydrogens (tertiary/aromatic N) is 2. The molecular weight excluding hydrogens is 244 g/mol. The van der Waals surface area contributed by atoms with Crippen molar-refractivity contribution in [3.8, 4) is 5.75 Å². The van der Waals surface area contributed by atoms with E-state index in [4.69, 9.17) is 10.5 Å². The quantitative estimate of drug-likeness (QED) is 0.798. The Labute approximate surface area is 111 Å². The molecule has 0 aliphatic carbocycles. The van der Waals surface area contributed by atoms with Gasteiger partial charge >= 0.3 is 0 Å². The van der Waals surface area contributed by atoms with Crippen molar-refractivity contribution in [3.63, 3.8) is 0 Å². The van der Waals surface area contributed by atoms with Gasteiger partial charge in [-0.3, -0.25) is 9.48 Å². The molecule has 0 aliphatic heterocycles. The van der Waals surface area contributed by atoms with Crippen LogP contribution in [-0.4, -0.2) is 22.8 Å². The van der Waals surface area contributed by atoms with E-state index in [1.165, 1.54) is 0 Å². The van der Waals surface area contributed by atoms with Gasteiger partial charge in [-0.2, -0.15) is 5.10 Å². The standard InChI is InChI=1S/C13H16N4O2/c1-19-10-3-4-11(14)12(9-10)16-13(18)5-8-17-7-2-6-15-17/h2-4,6-7,9H,5,8,14H2,1H3,(H,16,18). The van der Waals surface area contributed by atoms with E-state index in [2.05, 4.69) is 10.4 Å². The normalized spacial score (nSPS) is 10.2. The Kier molecular flexibility index (Phi) is 4.02. The van der Waals surface area contributed by atoms with Crippen molar-refractivity contribution in [3.05, 3.63) is 36.7 Å². The summed E-state index contributed by atoms with van der Waals surface area (Å²) in [5.74, 6) is 0.534. The summed E-state index contributed by atoms with van der Waals surface area (Å²) in [5, 5.41) is 6.79. The van der Waals surface area contributed by atoms with Gasteiger partial charge in [-0.25, -0.2) is 0 Å². The van der Waals surface area contributed by atoms with E-state index in [1.807, 2.05) is 12.3 Å². The molecule has 0 unspecified atom stereocenters. The van der Waals surface area contributed by atoms with E-state index in [9.17, 15) is 4.79 Å². The number of carbonyl (C=O) groups excluding carboxylic acids is 1. The molecule has 1 heterocycles. The minimum Gasteiger partial charge on any atom is -0.497 e. The molecule has 3 N–H and O–H groups in total. The Bertz CT molecular complexity index is 552. The Hall–Kier alpha value is -2.50. The summed E-state index contributed by atoms with van der Waals surface area (Å²) in [5.41, 5.74) is 6.86. The fourth-order valence-corrected chi connectivity index (χ4v) is 1.63. The summed E-state index contributed by atoms with van der Waals surface area (Å²) in [6.07, 6.45) is 3.82. The molecule has 0 fully saturated rings. The number of aryl methyl sites for hydroxylation is 1. The third-order valence-corrected chi connectivity index (χ3v) is 2.66. The van der Waals surface area contributed by atoms with Crippen molar-refractivity contribution in [2.24, 2.45) is 0 Å². The van der Waals surface area contributed by atoms with Gasteiger partial charge in [0.1, 0.15) is 5.75 Å². The van der Waals surface area contributed by atoms with Crippen LogP contribution in [0.25, 0.3) is 0 Å². The molecular formula is C13H16N4O2. The van der Waals surface area contributed by atoms with Crippen LogP contribution in [0.15, 0.2) is 36.7 Å². The largest absolute Gasteiger partial charge is 0.497 e. The van der Waals surface area contributed by atoms with Crippen LogP contribution in [0.5, 0.6) is 5.75 Å². The number of hydrogen-bond donors (Lipinski definition) is 2. The van der Waals surface area contributed by atoms with Crippen LogP contribution in [-0.2, 0) is 11.3 Å². The van der Waals surface area contributed by atoms with Crippen LogP contribution in [0, 0.1) is 0 Å². The Morgan fingerprint density at radius 1 is 1.53 bits per heavy atom. The van der Waals surface area contributed by atoms with Crippen LogP contribution in [0.1, 0.15) is 6.42 Å². The second-order valence-corrected chi connectivity index (χ2v) is 4.02. The third kappa shape index (κ3) is 3.48. The number of ether oxygens (including phenoxy) is 1. The number of nitrogens with two attached hydrogens (primary N) is 1. The van der Waals surface area contributed by atoms with Crippen LogP contribution in [0.2, 0.25) is 0 Å². The van der Waals surface area contributed by atoms with Crippen LogP contribution < -0.4 is 15.8 Å². The van der Waals surface area contributed by atoms with Crippen molar-refractivity contribution in [1.29, 1.82) is 0 Å². The topological polar surface area (TPSA) is 82.2 Å². The molecule has 0 saturated heterocycles. The molecule has 0 spiro atoms. The van der Waals surface area contributed by atoms with Crippen molar-refractivity contribution < 1.29 is 9.53 Å². The molecule has 6 nitrogen and oxygen atoms in total. The number of hydrogen-bond acceptors (Lipinski definition) is 4. The lowest BCUT2D eigenvalue weighted by atomic mass is 10.2. The highest BCUT2D eigenvalue weighted by Gasteiger charge is 2.07. The molecule has 100 valence electrons. The van der Waals surface area contributed by atoms with E-state index < -0.39 is 0 Å². The fraction of sp³-hybridized carbons (Fsp3) is 0.231. The van der Waals surface area contributed by atoms with Crippen molar-refractivity contribution in [2.45, 2.75) is 13.0 Å². The molecule has 6 heteroatoms. The maximum atomic E-state index is 11.8. The highest BCUT2D eigenvalue weighted by atomic mass is 16.5. The number of nitrogens with one attached hydrogen (secondary N) is 1. The smallest absolute Gasteiger partial charge is 0.226 e. The lowest BCUT2D eigenvalue weighted by molar-refractivity contribution is -0.116. The van der Waals surface area contributed by atoms with E-state index in [-0.39, 0.29) is 5.91 Å². The van der Waals surface area contributed by atoms with Crippen LogP contribution in [0.3, 0.4) is 0 Å². The van der Waals surface area contributed by atoms with Gasteiger partial charge in [-0.05, 0) is 18.2 Å². The van der Waals surface area contributed by atoms with Gasteiger partial charge in [0.2, 0.25) is 5.91 Å². The molecule has 19 heavy (non-hydrogen) atoms. The van der Waals surface area contributed by atoms with Crippen LogP contribution >= 0.6 is 0 Å². The van der Waals surface area contributed by atoms with E-state index in [1.54, 1.807) is 36.2 Å². The summed E-state index contributed by atoms with van der Waals surface area (Å²) in [4.78, 5) is 11.8. The predicted octanol–water partition coefficient (Wildman–Crippen LogP) is 1.50. The highest BCUT2D eigenvalue weighted by molar-refractivity contribution is 5.94. The molecule has 0 bridgehead atoms. The summed E-state index contributed by atoms with van der Waals surface area (Å²) in [7, 11) is 1.56. The number of nitrogen functional groups attached to an aromatic ring is 1. The zero-order valence-corrected chi connectivity index (χ0v) is 10.7. The van der Waals surface area contributed by atoms with E-state index >= 15 is 0 Å². The maximum Gasteiger partial charge on any atom is 0.226 e. The van der Waals surface area contributed by atoms with Crippen molar-refractivity contribution in [2.75, 3.05) is 18.2 Å². The zero-order chi connectivity index (χ0) is 13.7. The van der Waals surface area contributed by atoms with Crippen LogP contribution in [0.4, 0.5) is 11.4 Å². The molecule has 2 rings (SSSR count). The lowest BCUT2D eigenvalue weighted by Gasteiger charge is -2.10. The number of carbonyl (C=O) groups is 1. The maximum absolute atomic E-state index is 11.8. The summed E-state index contributed by atoms with van der Waals surface area (Å²) < 4.78 is 6.79. The minimum atomic E-state index is -0.115. The summed E-state index contributed by atoms with van der Waals surface area (Å²) in [6.45, 7) is 0.530. The lowest BCUT2D eigenvalue weighted by Crippen LogP contribution is -2.15. The van der Waals surface area contributed by atoms with Gasteiger partial charge in [-0.1, -0.05) is 0 Å². The third-order valence-electron chi connectivity index (χ3n) is 2.66. The molecule has 0 radical (unpaired) electrons. The Morgan fingerprint density at radius 3 is 3.05 bits per heavy atom. The minimum absolute atomic E-state index is 0.115. The fourth-order valence-electron chi connectivity index (χ4n) is 1.63. The monoisotopic (exact) mass is 260 g/mol. The van der Waals surface area contributed by atoms with Gasteiger partial charge < -0.3 is 15.8 Å². The van der Waals surface area contributed by atoms with E-state index in [0.717, 1.165) is 0 Å². The molecule has 1 aromatic carbocycles. The second kappa shape index (κ2) is 5.90. The molecule has 0 atom stereocenters. The highest BCUT2D eigenvalue weighted by Crippen LogP contribution is 2.24. The van der Waals surface area contributed by atoms with Gasteiger partial charge in [0, 0.05) is 31.4 Å². The number of methoxy groups -OCH3 is 1. The predicted molar refractivity (Wildman–Crippen MR) is 72.9 cm³/mol. The molecule has 1 amide bonds. The number of benzene rings is 1. The molecule has 2 aromatic rings. The summed E-state index contributed by atoms with van der Waals surface area (Å²) in [6, 6.07) is 6.95. The first-order valence-electron chi connectivity index (χ1n) is 5.90. The number of anilines is 2. The number of amides is 1. The Morgan fingerprint density at radius 2 is 2.37 bits per heavy atom. The second-order valence-electron chi connectivity index (χ2n) is 4.02. The first kappa shape index (κ1) is 12.9. The average molecular weight is 260 g/mol. The van der Waals surface area contributed by atoms with E-state index in [0.29, 0.717) is 30.1 Å². The molecule has 0 saturated carbocycles. The van der Waals surface area contributed by atoms with Gasteiger partial charge in [-0.15, -0.1) is 0 Å². The van der Waals surface area contributed by atoms with Gasteiger partial charge in [0.15, 0.2) is 0 Å². The number of aromatic nitrogens is 2. The SMILES string of the molecule is COc1ccc(N)c(NC(=O)CCn2cccn2)c1. The first-order valence-corrected chi connectivity index (χ1v) is 5.90. The average Bonchev–Trinajstić information content (AvgIpc) is 2.92. The van der Waals surface area contributed by atoms with Gasteiger partial charge in [0.05, 0.1) is 18.5 Å². The zero-order valence-electron chi connectivity index (χ0n) is 10.7. The first-order chi connectivity index (χ1) is 9.19. The molecule has 1 aromatic heterocycles.